The van der Waals surface area contributed by atoms with Gasteiger partial charge in [-0.2, -0.15) is 0 Å². The molecule has 1 heterocycles. The topological polar surface area (TPSA) is 72.5 Å². The van der Waals surface area contributed by atoms with E-state index in [0.717, 1.165) is 29.8 Å². The molecule has 5 rings (SSSR count). The molecule has 2 aromatic carbocycles. The number of ketones is 2. The van der Waals surface area contributed by atoms with Gasteiger partial charge in [0.2, 0.25) is 0 Å². The van der Waals surface area contributed by atoms with E-state index in [1.807, 2.05) is 12.1 Å². The molecule has 2 aromatic rings. The fraction of sp³-hybridized carbons (Fsp3) is 0.367. The predicted molar refractivity (Wildman–Crippen MR) is 139 cm³/mol. The lowest BCUT2D eigenvalue weighted by molar-refractivity contribution is -0.119. The zero-order valence-electron chi connectivity index (χ0n) is 21.0. The van der Waals surface area contributed by atoms with Crippen molar-refractivity contribution in [3.8, 4) is 5.75 Å². The summed E-state index contributed by atoms with van der Waals surface area (Å²) in [5.41, 5.74) is 4.10. The maximum Gasteiger partial charge on any atom is 0.345 e. The summed E-state index contributed by atoms with van der Waals surface area (Å²) in [4.78, 5) is 39.4. The molecule has 0 radical (unpaired) electrons. The number of carbonyl (C=O) groups is 3. The highest BCUT2D eigenvalue weighted by atomic mass is 35.5. The van der Waals surface area contributed by atoms with E-state index in [-0.39, 0.29) is 28.0 Å². The van der Waals surface area contributed by atoms with Gasteiger partial charge in [-0.1, -0.05) is 63.6 Å². The molecule has 1 N–H and O–H groups in total. The van der Waals surface area contributed by atoms with E-state index in [4.69, 9.17) is 16.3 Å². The van der Waals surface area contributed by atoms with Gasteiger partial charge in [0.25, 0.3) is 0 Å². The van der Waals surface area contributed by atoms with Crippen molar-refractivity contribution in [2.24, 2.45) is 10.8 Å². The van der Waals surface area contributed by atoms with Crippen LogP contribution >= 0.6 is 11.6 Å². The van der Waals surface area contributed by atoms with Crippen LogP contribution in [-0.4, -0.2) is 17.5 Å². The summed E-state index contributed by atoms with van der Waals surface area (Å²) in [7, 11) is 0. The second-order valence-electron chi connectivity index (χ2n) is 11.7. The number of benzene rings is 2. The van der Waals surface area contributed by atoms with E-state index < -0.39 is 11.9 Å². The van der Waals surface area contributed by atoms with Crippen LogP contribution in [0.4, 0.5) is 0 Å². The van der Waals surface area contributed by atoms with Crippen molar-refractivity contribution in [2.75, 3.05) is 0 Å². The molecule has 0 amide bonds. The Hall–Kier alpha value is -3.18. The lowest BCUT2D eigenvalue weighted by Crippen LogP contribution is -2.42. The average Bonchev–Trinajstić information content (AvgIpc) is 2.77. The zero-order valence-corrected chi connectivity index (χ0v) is 21.8. The monoisotopic (exact) mass is 503 g/mol. The summed E-state index contributed by atoms with van der Waals surface area (Å²) in [6.07, 6.45) is 2.40. The third kappa shape index (κ3) is 4.53. The Morgan fingerprint density at radius 1 is 0.833 bits per heavy atom. The van der Waals surface area contributed by atoms with E-state index in [2.05, 4.69) is 33.0 Å². The van der Waals surface area contributed by atoms with E-state index in [9.17, 15) is 14.4 Å². The normalized spacial score (nSPS) is 21.0. The molecule has 0 saturated heterocycles. The van der Waals surface area contributed by atoms with Crippen LogP contribution in [0.25, 0.3) is 0 Å². The minimum atomic E-state index is -0.542. The molecule has 0 saturated carbocycles. The van der Waals surface area contributed by atoms with Crippen LogP contribution in [0.3, 0.4) is 0 Å². The van der Waals surface area contributed by atoms with Crippen molar-refractivity contribution in [1.29, 1.82) is 0 Å². The second-order valence-corrected chi connectivity index (χ2v) is 12.1. The molecular weight excluding hydrogens is 474 g/mol. The maximum atomic E-state index is 13.4. The van der Waals surface area contributed by atoms with Crippen LogP contribution in [0.2, 0.25) is 5.02 Å². The number of hydrogen-bond acceptors (Lipinski definition) is 5. The smallest absolute Gasteiger partial charge is 0.345 e. The van der Waals surface area contributed by atoms with Gasteiger partial charge in [-0.3, -0.25) is 9.59 Å². The first-order valence-corrected chi connectivity index (χ1v) is 12.7. The van der Waals surface area contributed by atoms with Gasteiger partial charge < -0.3 is 10.1 Å². The van der Waals surface area contributed by atoms with Gasteiger partial charge in [-0.25, -0.2) is 4.79 Å². The molecule has 0 atom stereocenters. The number of nitrogens with one attached hydrogen (secondary N) is 1. The summed E-state index contributed by atoms with van der Waals surface area (Å²) in [5.74, 6) is -0.432. The molecular formula is C30H30ClNO4. The molecule has 1 aliphatic heterocycles. The molecule has 186 valence electrons. The van der Waals surface area contributed by atoms with Crippen LogP contribution in [0.15, 0.2) is 71.1 Å². The second kappa shape index (κ2) is 8.74. The third-order valence-electron chi connectivity index (χ3n) is 7.24. The van der Waals surface area contributed by atoms with Crippen molar-refractivity contribution in [3.05, 3.63) is 87.2 Å². The lowest BCUT2D eigenvalue weighted by atomic mass is 9.64. The number of carbonyl (C=O) groups excluding carboxylic acids is 3. The Kier molecular flexibility index (Phi) is 5.95. The van der Waals surface area contributed by atoms with E-state index in [1.165, 1.54) is 0 Å². The summed E-state index contributed by atoms with van der Waals surface area (Å²) < 4.78 is 5.54. The highest BCUT2D eigenvalue weighted by molar-refractivity contribution is 6.33. The van der Waals surface area contributed by atoms with Crippen molar-refractivity contribution in [2.45, 2.75) is 59.3 Å². The van der Waals surface area contributed by atoms with Gasteiger partial charge in [0.05, 0.1) is 10.6 Å². The summed E-state index contributed by atoms with van der Waals surface area (Å²) in [6, 6.07) is 13.8. The molecule has 3 aliphatic rings. The number of rotatable bonds is 3. The Morgan fingerprint density at radius 2 is 1.36 bits per heavy atom. The Morgan fingerprint density at radius 3 is 1.89 bits per heavy atom. The van der Waals surface area contributed by atoms with E-state index in [0.29, 0.717) is 34.8 Å². The van der Waals surface area contributed by atoms with E-state index >= 15 is 0 Å². The number of halogens is 1. The lowest BCUT2D eigenvalue weighted by Gasteiger charge is -2.44. The van der Waals surface area contributed by atoms with Crippen LogP contribution in [0.5, 0.6) is 5.75 Å². The first kappa shape index (κ1) is 24.5. The van der Waals surface area contributed by atoms with Gasteiger partial charge in [0, 0.05) is 41.3 Å². The summed E-state index contributed by atoms with van der Waals surface area (Å²) in [6.45, 7) is 8.42. The standard InChI is InChI=1S/C30H30ClNO4/c1-29(2)13-21-26(23(33)15-29)25(27-22(32-21)14-30(3,4)16-24(27)34)17-9-11-18(12-10-17)36-28(35)19-7-5-6-8-20(19)31/h5-12,25,32H,13-16H2,1-4H3. The Labute approximate surface area is 216 Å². The van der Waals surface area contributed by atoms with Gasteiger partial charge in [-0.15, -0.1) is 0 Å². The summed E-state index contributed by atoms with van der Waals surface area (Å²) in [5, 5.41) is 3.85. The number of allylic oxidation sites excluding steroid dienone is 4. The SMILES string of the molecule is CC1(C)CC(=O)C2=C(C1)NC1=C(C(=O)CC(C)(C)C1)C2c1ccc(OC(=O)c2ccccc2Cl)cc1. The molecule has 0 spiro atoms. The molecule has 5 nitrogen and oxygen atoms in total. The number of esters is 1. The van der Waals surface area contributed by atoms with Gasteiger partial charge in [-0.05, 0) is 53.5 Å². The highest BCUT2D eigenvalue weighted by Crippen LogP contribution is 2.51. The van der Waals surface area contributed by atoms with Crippen molar-refractivity contribution in [1.82, 2.24) is 5.32 Å². The number of ether oxygens (including phenoxy) is 1. The highest BCUT2D eigenvalue weighted by Gasteiger charge is 2.46. The maximum absolute atomic E-state index is 13.4. The Balaban J connectivity index is 1.52. The van der Waals surface area contributed by atoms with Crippen LogP contribution in [0.1, 0.15) is 75.2 Å². The fourth-order valence-electron chi connectivity index (χ4n) is 5.74. The summed E-state index contributed by atoms with van der Waals surface area (Å²) >= 11 is 6.13. The minimum absolute atomic E-state index is 0.0807. The first-order valence-electron chi connectivity index (χ1n) is 12.3. The molecule has 6 heteroatoms. The molecule has 36 heavy (non-hydrogen) atoms. The molecule has 2 aliphatic carbocycles. The Bertz CT molecular complexity index is 1300. The number of hydrogen-bond donors (Lipinski definition) is 1. The average molecular weight is 504 g/mol. The molecule has 0 unspecified atom stereocenters. The van der Waals surface area contributed by atoms with E-state index in [1.54, 1.807) is 36.4 Å². The van der Waals surface area contributed by atoms with Gasteiger partial charge in [0.1, 0.15) is 5.75 Å². The predicted octanol–water partition coefficient (Wildman–Crippen LogP) is 6.53. The minimum Gasteiger partial charge on any atom is -0.423 e. The molecule has 0 bridgehead atoms. The van der Waals surface area contributed by atoms with Crippen LogP contribution in [0, 0.1) is 10.8 Å². The van der Waals surface area contributed by atoms with Gasteiger partial charge in [0.15, 0.2) is 11.6 Å². The number of Topliss-reactive ketones (excluding diaryl/α,β-unsaturated/α-hetero) is 2. The fourth-order valence-corrected chi connectivity index (χ4v) is 5.95. The van der Waals surface area contributed by atoms with Crippen molar-refractivity contribution < 1.29 is 19.1 Å². The molecule has 0 aromatic heterocycles. The largest absolute Gasteiger partial charge is 0.423 e. The molecule has 0 fully saturated rings. The van der Waals surface area contributed by atoms with Crippen molar-refractivity contribution in [3.63, 3.8) is 0 Å². The van der Waals surface area contributed by atoms with Crippen LogP contribution in [-0.2, 0) is 9.59 Å². The quantitative estimate of drug-likeness (QED) is 0.380. The third-order valence-corrected chi connectivity index (χ3v) is 7.57. The first-order chi connectivity index (χ1) is 16.9. The van der Waals surface area contributed by atoms with Gasteiger partial charge >= 0.3 is 5.97 Å². The van der Waals surface area contributed by atoms with Crippen molar-refractivity contribution >= 4 is 29.1 Å². The zero-order chi connectivity index (χ0) is 25.8. The van der Waals surface area contributed by atoms with Crippen LogP contribution < -0.4 is 10.1 Å². The number of dihydropyridines is 1.